The van der Waals surface area contributed by atoms with E-state index in [2.05, 4.69) is 40.4 Å². The van der Waals surface area contributed by atoms with Crippen LogP contribution in [-0.2, 0) is 11.8 Å². The minimum atomic E-state index is -0.718. The van der Waals surface area contributed by atoms with Gasteiger partial charge in [0.25, 0.3) is 0 Å². The molecular formula is C24H24N4O2. The number of morpholine rings is 1. The first-order chi connectivity index (χ1) is 14.7. The first-order valence-corrected chi connectivity index (χ1v) is 10.1. The average molecular weight is 400 g/mol. The molecule has 30 heavy (non-hydrogen) atoms. The van der Waals surface area contributed by atoms with Crippen LogP contribution in [-0.4, -0.2) is 45.9 Å². The molecule has 1 aliphatic heterocycles. The van der Waals surface area contributed by atoms with E-state index in [1.165, 1.54) is 6.08 Å². The van der Waals surface area contributed by atoms with Crippen molar-refractivity contribution >= 4 is 27.6 Å². The van der Waals surface area contributed by atoms with Gasteiger partial charge in [-0.25, -0.2) is 9.97 Å². The average Bonchev–Trinajstić information content (AvgIpc) is 3.19. The van der Waals surface area contributed by atoms with Gasteiger partial charge in [0, 0.05) is 48.2 Å². The maximum atomic E-state index is 10.2. The Kier molecular flexibility index (Phi) is 4.73. The van der Waals surface area contributed by atoms with E-state index in [4.69, 9.17) is 14.7 Å². The number of aliphatic hydroxyl groups excluding tert-OH is 1. The number of hydrogen-bond donors (Lipinski definition) is 1. The molecule has 152 valence electrons. The number of benzene rings is 2. The number of nitrogens with zero attached hydrogens (tertiary/aromatic N) is 4. The normalized spacial score (nSPS) is 15.6. The van der Waals surface area contributed by atoms with Crippen molar-refractivity contribution in [3.63, 3.8) is 0 Å². The number of anilines is 1. The highest BCUT2D eigenvalue weighted by atomic mass is 16.5. The van der Waals surface area contributed by atoms with E-state index in [9.17, 15) is 5.11 Å². The highest BCUT2D eigenvalue weighted by molar-refractivity contribution is 6.08. The summed E-state index contributed by atoms with van der Waals surface area (Å²) in [6.07, 6.45) is 2.86. The monoisotopic (exact) mass is 400 g/mol. The highest BCUT2D eigenvalue weighted by Gasteiger charge is 2.20. The predicted molar refractivity (Wildman–Crippen MR) is 120 cm³/mol. The summed E-state index contributed by atoms with van der Waals surface area (Å²) in [7, 11) is 2.04. The van der Waals surface area contributed by atoms with Crippen LogP contribution < -0.4 is 4.90 Å². The van der Waals surface area contributed by atoms with E-state index >= 15 is 0 Å². The summed E-state index contributed by atoms with van der Waals surface area (Å²) >= 11 is 0. The summed E-state index contributed by atoms with van der Waals surface area (Å²) in [5.74, 6) is 1.58. The Morgan fingerprint density at radius 3 is 2.73 bits per heavy atom. The van der Waals surface area contributed by atoms with Crippen LogP contribution >= 0.6 is 0 Å². The first kappa shape index (κ1) is 18.8. The van der Waals surface area contributed by atoms with E-state index < -0.39 is 6.10 Å². The molecule has 2 aromatic carbocycles. The number of aliphatic hydroxyl groups is 1. The second-order valence-electron chi connectivity index (χ2n) is 7.60. The van der Waals surface area contributed by atoms with E-state index in [0.29, 0.717) is 19.0 Å². The van der Waals surface area contributed by atoms with Gasteiger partial charge in [-0.3, -0.25) is 0 Å². The molecule has 0 amide bonds. The van der Waals surface area contributed by atoms with Crippen LogP contribution in [0.4, 0.5) is 5.82 Å². The number of aromatic nitrogens is 3. The molecule has 4 aromatic rings. The molecule has 1 atom stereocenters. The predicted octanol–water partition coefficient (Wildman–Crippen LogP) is 3.84. The molecule has 6 nitrogen and oxygen atoms in total. The minimum absolute atomic E-state index is 0.651. The molecule has 1 saturated heterocycles. The second kappa shape index (κ2) is 7.55. The summed E-state index contributed by atoms with van der Waals surface area (Å²) in [6.45, 7) is 6.67. The van der Waals surface area contributed by atoms with Crippen LogP contribution in [0.15, 0.2) is 61.3 Å². The minimum Gasteiger partial charge on any atom is -0.384 e. The van der Waals surface area contributed by atoms with Crippen LogP contribution in [0.3, 0.4) is 0 Å². The molecule has 0 radical (unpaired) electrons. The number of rotatable bonds is 4. The molecule has 3 heterocycles. The van der Waals surface area contributed by atoms with Crippen molar-refractivity contribution < 1.29 is 9.84 Å². The molecule has 0 bridgehead atoms. The zero-order chi connectivity index (χ0) is 20.7. The molecule has 0 aliphatic carbocycles. The van der Waals surface area contributed by atoms with Crippen LogP contribution in [0.1, 0.15) is 11.7 Å². The summed E-state index contributed by atoms with van der Waals surface area (Å²) in [5.41, 5.74) is 3.72. The molecule has 1 N–H and O–H groups in total. The Labute approximate surface area is 175 Å². The lowest BCUT2D eigenvalue weighted by molar-refractivity contribution is 0.122. The number of ether oxygens (including phenoxy) is 1. The van der Waals surface area contributed by atoms with Gasteiger partial charge < -0.3 is 19.3 Å². The van der Waals surface area contributed by atoms with Crippen molar-refractivity contribution in [1.29, 1.82) is 0 Å². The van der Waals surface area contributed by atoms with Crippen molar-refractivity contribution in [3.05, 3.63) is 66.9 Å². The number of hydrogen-bond acceptors (Lipinski definition) is 5. The van der Waals surface area contributed by atoms with Gasteiger partial charge in [-0.15, -0.1) is 6.58 Å². The number of aryl methyl sites for hydroxylation is 1. The van der Waals surface area contributed by atoms with Crippen molar-refractivity contribution in [3.8, 4) is 11.4 Å². The topological polar surface area (TPSA) is 63.4 Å². The van der Waals surface area contributed by atoms with Gasteiger partial charge in [-0.2, -0.15) is 0 Å². The second-order valence-corrected chi connectivity index (χ2v) is 7.60. The summed E-state index contributed by atoms with van der Waals surface area (Å²) in [4.78, 5) is 12.2. The largest absolute Gasteiger partial charge is 0.384 e. The lowest BCUT2D eigenvalue weighted by atomic mass is 10.0. The molecule has 1 fully saturated rings. The Morgan fingerprint density at radius 1 is 1.10 bits per heavy atom. The van der Waals surface area contributed by atoms with E-state index in [1.807, 2.05) is 31.3 Å². The van der Waals surface area contributed by atoms with Gasteiger partial charge in [-0.1, -0.05) is 24.3 Å². The third kappa shape index (κ3) is 3.14. The van der Waals surface area contributed by atoms with Gasteiger partial charge >= 0.3 is 0 Å². The van der Waals surface area contributed by atoms with Crippen molar-refractivity contribution in [1.82, 2.24) is 14.5 Å². The molecule has 1 unspecified atom stereocenters. The molecule has 0 saturated carbocycles. The number of fused-ring (bicyclic) bond motifs is 3. The zero-order valence-corrected chi connectivity index (χ0v) is 17.0. The molecule has 6 heteroatoms. The van der Waals surface area contributed by atoms with Gasteiger partial charge in [0.05, 0.1) is 24.8 Å². The Hall–Kier alpha value is -3.22. The van der Waals surface area contributed by atoms with E-state index in [0.717, 1.165) is 51.8 Å². The van der Waals surface area contributed by atoms with Crippen molar-refractivity contribution in [2.75, 3.05) is 31.2 Å². The Bertz CT molecular complexity index is 1240. The fourth-order valence-electron chi connectivity index (χ4n) is 4.07. The SMILES string of the molecule is C=CC(O)c1cccc(-c2nc(N3CCOCC3)c3ccc4c(ccn4C)c3n2)c1. The lowest BCUT2D eigenvalue weighted by Crippen LogP contribution is -2.37. The maximum absolute atomic E-state index is 10.2. The Morgan fingerprint density at radius 2 is 1.93 bits per heavy atom. The molecule has 0 spiro atoms. The smallest absolute Gasteiger partial charge is 0.162 e. The summed E-state index contributed by atoms with van der Waals surface area (Å²) in [5, 5.41) is 12.3. The molecule has 5 rings (SSSR count). The van der Waals surface area contributed by atoms with Gasteiger partial charge in [0.15, 0.2) is 5.82 Å². The van der Waals surface area contributed by atoms with E-state index in [1.54, 1.807) is 0 Å². The van der Waals surface area contributed by atoms with Gasteiger partial charge in [-0.05, 0) is 29.8 Å². The Balaban J connectivity index is 1.76. The van der Waals surface area contributed by atoms with Crippen LogP contribution in [0.5, 0.6) is 0 Å². The van der Waals surface area contributed by atoms with Crippen molar-refractivity contribution in [2.45, 2.75) is 6.10 Å². The molecular weight excluding hydrogens is 376 g/mol. The first-order valence-electron chi connectivity index (χ1n) is 10.1. The van der Waals surface area contributed by atoms with Crippen LogP contribution in [0.2, 0.25) is 0 Å². The molecule has 1 aliphatic rings. The standard InChI is InChI=1S/C24H24N4O2/c1-3-21(29)16-5-4-6-17(15-16)23-25-22-18-9-10-27(2)20(18)8-7-19(22)24(26-23)28-11-13-30-14-12-28/h3-10,15,21,29H,1,11-14H2,2H3. The van der Waals surface area contributed by atoms with Gasteiger partial charge in [0.1, 0.15) is 5.82 Å². The fourth-order valence-corrected chi connectivity index (χ4v) is 4.07. The summed E-state index contributed by atoms with van der Waals surface area (Å²) < 4.78 is 7.65. The van der Waals surface area contributed by atoms with Crippen LogP contribution in [0, 0.1) is 0 Å². The summed E-state index contributed by atoms with van der Waals surface area (Å²) in [6, 6.07) is 14.1. The third-order valence-electron chi connectivity index (χ3n) is 5.73. The third-order valence-corrected chi connectivity index (χ3v) is 5.73. The van der Waals surface area contributed by atoms with Gasteiger partial charge in [0.2, 0.25) is 0 Å². The fraction of sp³-hybridized carbons (Fsp3) is 0.250. The quantitative estimate of drug-likeness (QED) is 0.527. The molecule has 2 aromatic heterocycles. The highest BCUT2D eigenvalue weighted by Crippen LogP contribution is 2.33. The van der Waals surface area contributed by atoms with E-state index in [-0.39, 0.29) is 0 Å². The maximum Gasteiger partial charge on any atom is 0.162 e. The lowest BCUT2D eigenvalue weighted by Gasteiger charge is -2.29. The van der Waals surface area contributed by atoms with Crippen LogP contribution in [0.25, 0.3) is 33.2 Å². The van der Waals surface area contributed by atoms with Crippen molar-refractivity contribution in [2.24, 2.45) is 7.05 Å². The zero-order valence-electron chi connectivity index (χ0n) is 17.0.